The molecule has 4 saturated carbocycles. The second kappa shape index (κ2) is 10.1. The predicted octanol–water partition coefficient (Wildman–Crippen LogP) is 7.19. The Kier molecular flexibility index (Phi) is 7.75. The third-order valence-electron chi connectivity index (χ3n) is 11.7. The van der Waals surface area contributed by atoms with E-state index in [0.29, 0.717) is 29.1 Å². The second-order valence-electron chi connectivity index (χ2n) is 13.1. The molecule has 0 aromatic rings. The lowest BCUT2D eigenvalue weighted by molar-refractivity contribution is -0.166. The molecule has 4 aliphatic rings. The van der Waals surface area contributed by atoms with Crippen molar-refractivity contribution in [2.45, 2.75) is 118 Å². The van der Waals surface area contributed by atoms with Gasteiger partial charge in [0.25, 0.3) is 0 Å². The minimum absolute atomic E-state index is 0.0107. The zero-order valence-electron chi connectivity index (χ0n) is 22.7. The van der Waals surface area contributed by atoms with E-state index in [-0.39, 0.29) is 24.0 Å². The molecule has 0 N–H and O–H groups in total. The average Bonchev–Trinajstić information content (AvgIpc) is 3.19. The summed E-state index contributed by atoms with van der Waals surface area (Å²) in [5.74, 6) is 4.54. The van der Waals surface area contributed by atoms with Crippen molar-refractivity contribution in [3.05, 3.63) is 0 Å². The number of hydrogen-bond donors (Lipinski definition) is 0. The van der Waals surface area contributed by atoms with Crippen molar-refractivity contribution in [1.82, 2.24) is 0 Å². The Hall–Kier alpha value is -1.06. The monoisotopic (exact) mass is 474 g/mol. The van der Waals surface area contributed by atoms with Crippen LogP contribution in [0.15, 0.2) is 0 Å². The third-order valence-corrected chi connectivity index (χ3v) is 11.7. The van der Waals surface area contributed by atoms with Crippen LogP contribution in [0.2, 0.25) is 0 Å². The Bertz CT molecular complexity index is 748. The van der Waals surface area contributed by atoms with Crippen LogP contribution in [0.5, 0.6) is 0 Å². The Morgan fingerprint density at radius 3 is 2.35 bits per heavy atom. The van der Waals surface area contributed by atoms with Crippen LogP contribution in [0.4, 0.5) is 0 Å². The summed E-state index contributed by atoms with van der Waals surface area (Å²) in [5, 5.41) is 0. The molecule has 4 rings (SSSR count). The maximum absolute atomic E-state index is 12.4. The number of fused-ring (bicyclic) bond motifs is 5. The largest absolute Gasteiger partial charge is 0.469 e. The van der Waals surface area contributed by atoms with Gasteiger partial charge in [0, 0.05) is 6.42 Å². The second-order valence-corrected chi connectivity index (χ2v) is 13.1. The van der Waals surface area contributed by atoms with Gasteiger partial charge in [-0.15, -0.1) is 0 Å². The smallest absolute Gasteiger partial charge is 0.308 e. The van der Waals surface area contributed by atoms with E-state index in [9.17, 15) is 9.59 Å². The molecule has 0 saturated heterocycles. The van der Waals surface area contributed by atoms with E-state index in [4.69, 9.17) is 9.47 Å². The van der Waals surface area contributed by atoms with Crippen LogP contribution in [-0.4, -0.2) is 25.2 Å². The Labute approximate surface area is 208 Å². The molecule has 4 fully saturated rings. The molecule has 10 unspecified atom stereocenters. The van der Waals surface area contributed by atoms with Crippen molar-refractivity contribution in [2.24, 2.45) is 52.3 Å². The van der Waals surface area contributed by atoms with E-state index < -0.39 is 0 Å². The molecule has 0 aromatic carbocycles. The van der Waals surface area contributed by atoms with Gasteiger partial charge in [0.1, 0.15) is 6.10 Å². The van der Waals surface area contributed by atoms with Crippen LogP contribution < -0.4 is 0 Å². The summed E-state index contributed by atoms with van der Waals surface area (Å²) in [6, 6.07) is 0. The summed E-state index contributed by atoms with van der Waals surface area (Å²) in [7, 11) is 1.50. The Morgan fingerprint density at radius 2 is 1.65 bits per heavy atom. The first-order chi connectivity index (χ1) is 16.1. The molecule has 0 bridgehead atoms. The number of rotatable bonds is 7. The van der Waals surface area contributed by atoms with E-state index >= 15 is 0 Å². The average molecular weight is 475 g/mol. The fourth-order valence-electron chi connectivity index (χ4n) is 9.40. The highest BCUT2D eigenvalue weighted by Gasteiger charge is 2.60. The maximum Gasteiger partial charge on any atom is 0.308 e. The summed E-state index contributed by atoms with van der Waals surface area (Å²) >= 11 is 0. The van der Waals surface area contributed by atoms with Crippen LogP contribution in [0.3, 0.4) is 0 Å². The Morgan fingerprint density at radius 1 is 0.941 bits per heavy atom. The number of carbonyl (C=O) groups excluding carboxylic acids is 2. The van der Waals surface area contributed by atoms with Gasteiger partial charge >= 0.3 is 11.9 Å². The first-order valence-corrected chi connectivity index (χ1v) is 14.4. The highest BCUT2D eigenvalue weighted by atomic mass is 16.5. The molecule has 0 heterocycles. The fraction of sp³-hybridized carbons (Fsp3) is 0.933. The van der Waals surface area contributed by atoms with E-state index in [1.54, 1.807) is 0 Å². The van der Waals surface area contributed by atoms with Crippen molar-refractivity contribution in [1.29, 1.82) is 0 Å². The maximum atomic E-state index is 12.4. The lowest BCUT2D eigenvalue weighted by Crippen LogP contribution is -2.54. The summed E-state index contributed by atoms with van der Waals surface area (Å²) in [4.78, 5) is 24.1. The molecule has 10 atom stereocenters. The van der Waals surface area contributed by atoms with Gasteiger partial charge in [0.2, 0.25) is 0 Å². The molecule has 194 valence electrons. The van der Waals surface area contributed by atoms with Crippen LogP contribution >= 0.6 is 0 Å². The number of carbonyl (C=O) groups is 2. The normalized spacial score (nSPS) is 43.1. The van der Waals surface area contributed by atoms with Gasteiger partial charge in [0.15, 0.2) is 0 Å². The van der Waals surface area contributed by atoms with Crippen LogP contribution in [0, 0.1) is 52.3 Å². The highest BCUT2D eigenvalue weighted by molar-refractivity contribution is 5.72. The SMILES string of the molecule is CCC(C)C(=O)OC1CCC2(C)C(CCC3C2CCC2(C)C(C(C)CCC(=O)OC)CCC32)C1. The van der Waals surface area contributed by atoms with Gasteiger partial charge in [-0.05, 0) is 117 Å². The first kappa shape index (κ1) is 26.0. The molecule has 0 amide bonds. The lowest BCUT2D eigenvalue weighted by Gasteiger charge is -2.61. The van der Waals surface area contributed by atoms with Crippen molar-refractivity contribution in [3.8, 4) is 0 Å². The highest BCUT2D eigenvalue weighted by Crippen LogP contribution is 2.68. The lowest BCUT2D eigenvalue weighted by atomic mass is 9.44. The summed E-state index contributed by atoms with van der Waals surface area (Å²) in [6.07, 6.45) is 14.0. The molecule has 4 nitrogen and oxygen atoms in total. The van der Waals surface area contributed by atoms with E-state index in [1.165, 1.54) is 52.1 Å². The Balaban J connectivity index is 1.41. The molecular formula is C30H50O4. The number of hydrogen-bond acceptors (Lipinski definition) is 4. The van der Waals surface area contributed by atoms with Gasteiger partial charge in [-0.2, -0.15) is 0 Å². The van der Waals surface area contributed by atoms with Crippen LogP contribution in [0.25, 0.3) is 0 Å². The predicted molar refractivity (Wildman–Crippen MR) is 135 cm³/mol. The van der Waals surface area contributed by atoms with Crippen LogP contribution in [-0.2, 0) is 19.1 Å². The van der Waals surface area contributed by atoms with Gasteiger partial charge in [-0.3, -0.25) is 9.59 Å². The molecule has 0 aliphatic heterocycles. The molecule has 4 heteroatoms. The molecular weight excluding hydrogens is 424 g/mol. The van der Waals surface area contributed by atoms with E-state index in [2.05, 4.69) is 27.7 Å². The van der Waals surface area contributed by atoms with Crippen molar-refractivity contribution in [2.75, 3.05) is 7.11 Å². The van der Waals surface area contributed by atoms with E-state index in [1.807, 2.05) is 6.92 Å². The molecule has 0 spiro atoms. The third kappa shape index (κ3) is 4.57. The van der Waals surface area contributed by atoms with Gasteiger partial charge in [-0.1, -0.05) is 34.6 Å². The van der Waals surface area contributed by atoms with E-state index in [0.717, 1.165) is 49.4 Å². The van der Waals surface area contributed by atoms with Crippen molar-refractivity contribution < 1.29 is 19.1 Å². The standard InChI is InChI=1S/C30H50O4/c1-7-19(2)28(32)34-22-14-16-29(4)21(18-22)9-10-23-25-12-11-24(20(3)8-13-27(31)33-6)30(25,5)17-15-26(23)29/h19-26H,7-18H2,1-6H3. The summed E-state index contributed by atoms with van der Waals surface area (Å²) in [5.41, 5.74) is 0.848. The first-order valence-electron chi connectivity index (χ1n) is 14.4. The van der Waals surface area contributed by atoms with Crippen LogP contribution in [0.1, 0.15) is 112 Å². The van der Waals surface area contributed by atoms with Crippen molar-refractivity contribution >= 4 is 11.9 Å². The zero-order chi connectivity index (χ0) is 24.7. The molecule has 0 radical (unpaired) electrons. The topological polar surface area (TPSA) is 52.6 Å². The quantitative estimate of drug-likeness (QED) is 0.366. The summed E-state index contributed by atoms with van der Waals surface area (Å²) in [6.45, 7) is 11.6. The number of ether oxygens (including phenoxy) is 2. The fourth-order valence-corrected chi connectivity index (χ4v) is 9.40. The number of esters is 2. The molecule has 4 aliphatic carbocycles. The molecule has 34 heavy (non-hydrogen) atoms. The van der Waals surface area contributed by atoms with Gasteiger partial charge < -0.3 is 9.47 Å². The minimum atomic E-state index is -0.0630. The van der Waals surface area contributed by atoms with Gasteiger partial charge in [0.05, 0.1) is 13.0 Å². The van der Waals surface area contributed by atoms with Gasteiger partial charge in [-0.25, -0.2) is 0 Å². The van der Waals surface area contributed by atoms with Crippen molar-refractivity contribution in [3.63, 3.8) is 0 Å². The zero-order valence-corrected chi connectivity index (χ0v) is 22.7. The number of methoxy groups -OCH3 is 1. The minimum Gasteiger partial charge on any atom is -0.469 e. The molecule has 0 aromatic heterocycles. The summed E-state index contributed by atoms with van der Waals surface area (Å²) < 4.78 is 10.9.